The third-order valence-corrected chi connectivity index (χ3v) is 5.53. The van der Waals surface area contributed by atoms with Gasteiger partial charge in [-0.25, -0.2) is 4.90 Å². The second-order valence-electron chi connectivity index (χ2n) is 8.45. The Morgan fingerprint density at radius 1 is 1.07 bits per heavy atom. The van der Waals surface area contributed by atoms with Gasteiger partial charge >= 0.3 is 0 Å². The molecule has 0 N–H and O–H groups in total. The maximum Gasteiger partial charge on any atom is 0.243 e. The molecule has 2 aliphatic rings. The van der Waals surface area contributed by atoms with Crippen LogP contribution in [0.1, 0.15) is 52.4 Å². The topological polar surface area (TPSA) is 93.9 Å². The van der Waals surface area contributed by atoms with Gasteiger partial charge in [-0.05, 0) is 24.7 Å². The maximum atomic E-state index is 12.8. The van der Waals surface area contributed by atoms with Crippen LogP contribution in [0.4, 0.5) is 0 Å². The van der Waals surface area contributed by atoms with E-state index >= 15 is 0 Å². The maximum absolute atomic E-state index is 12.8. The number of hydrogen-bond acceptors (Lipinski definition) is 5. The Morgan fingerprint density at radius 2 is 1.72 bits per heavy atom. The van der Waals surface area contributed by atoms with Crippen LogP contribution in [0, 0.1) is 23.3 Å². The van der Waals surface area contributed by atoms with E-state index in [1.807, 2.05) is 20.0 Å². The zero-order valence-electron chi connectivity index (χ0n) is 17.8. The van der Waals surface area contributed by atoms with Crippen molar-refractivity contribution in [2.24, 2.45) is 11.8 Å². The van der Waals surface area contributed by atoms with Crippen LogP contribution >= 0.6 is 0 Å². The highest BCUT2D eigenvalue weighted by Gasteiger charge is 2.27. The first kappa shape index (κ1) is 23.1. The van der Waals surface area contributed by atoms with E-state index in [0.29, 0.717) is 45.2 Å². The van der Waals surface area contributed by atoms with Gasteiger partial charge < -0.3 is 14.5 Å². The molecule has 0 aromatic heterocycles. The van der Waals surface area contributed by atoms with Crippen LogP contribution in [0.15, 0.2) is 0 Å². The van der Waals surface area contributed by atoms with Crippen molar-refractivity contribution in [2.75, 3.05) is 45.9 Å². The van der Waals surface area contributed by atoms with E-state index in [9.17, 15) is 19.6 Å². The van der Waals surface area contributed by atoms with Gasteiger partial charge in [-0.1, -0.05) is 33.1 Å². The lowest BCUT2D eigenvalue weighted by atomic mass is 9.87. The minimum Gasteiger partial charge on any atom is -0.378 e. The fourth-order valence-electron chi connectivity index (χ4n) is 3.93. The van der Waals surface area contributed by atoms with Gasteiger partial charge in [0.15, 0.2) is 6.19 Å². The zero-order valence-corrected chi connectivity index (χ0v) is 17.8. The number of rotatable bonds is 8. The zero-order chi connectivity index (χ0) is 21.2. The molecule has 162 valence electrons. The van der Waals surface area contributed by atoms with E-state index in [4.69, 9.17) is 4.74 Å². The van der Waals surface area contributed by atoms with E-state index in [1.54, 1.807) is 4.90 Å². The van der Waals surface area contributed by atoms with E-state index in [0.717, 1.165) is 30.6 Å². The molecule has 1 aliphatic carbocycles. The number of hydrogen-bond donors (Lipinski definition) is 0. The standard InChI is InChI=1S/C21H34N4O4/c1-17(2)13-24(14-20(27)23-8-10-29-11-9-23)21(28)15-25(16-22)19(26)12-18-6-4-3-5-7-18/h17-18H,3-15H2,1-2H3. The number of amides is 3. The van der Waals surface area contributed by atoms with Gasteiger partial charge in [0.1, 0.15) is 6.54 Å². The smallest absolute Gasteiger partial charge is 0.243 e. The Kier molecular flexibility index (Phi) is 9.39. The molecule has 3 amide bonds. The van der Waals surface area contributed by atoms with Crippen LogP contribution in [0.3, 0.4) is 0 Å². The molecule has 0 atom stereocenters. The molecule has 1 heterocycles. The molecule has 8 heteroatoms. The number of nitriles is 1. The summed E-state index contributed by atoms with van der Waals surface area (Å²) in [5.41, 5.74) is 0. The summed E-state index contributed by atoms with van der Waals surface area (Å²) in [5, 5.41) is 9.42. The van der Waals surface area contributed by atoms with Crippen LogP contribution in [-0.2, 0) is 19.1 Å². The molecular formula is C21H34N4O4. The second-order valence-corrected chi connectivity index (χ2v) is 8.45. The summed E-state index contributed by atoms with van der Waals surface area (Å²) in [6.07, 6.45) is 7.64. The lowest BCUT2D eigenvalue weighted by Gasteiger charge is -2.31. The highest BCUT2D eigenvalue weighted by atomic mass is 16.5. The molecule has 29 heavy (non-hydrogen) atoms. The highest BCUT2D eigenvalue weighted by molar-refractivity contribution is 5.89. The summed E-state index contributed by atoms with van der Waals surface area (Å²) in [6.45, 7) is 6.05. The van der Waals surface area contributed by atoms with Crippen molar-refractivity contribution in [3.8, 4) is 6.19 Å². The molecule has 1 saturated heterocycles. The van der Waals surface area contributed by atoms with Gasteiger partial charge in [-0.15, -0.1) is 0 Å². The minimum absolute atomic E-state index is 0.0346. The average Bonchev–Trinajstić information content (AvgIpc) is 2.72. The van der Waals surface area contributed by atoms with Crippen molar-refractivity contribution in [1.82, 2.24) is 14.7 Å². The fourth-order valence-corrected chi connectivity index (χ4v) is 3.93. The SMILES string of the molecule is CC(C)CN(CC(=O)N1CCOCC1)C(=O)CN(C#N)C(=O)CC1CCCCC1. The molecule has 0 unspecified atom stereocenters. The Morgan fingerprint density at radius 3 is 2.31 bits per heavy atom. The predicted molar refractivity (Wildman–Crippen MR) is 107 cm³/mol. The van der Waals surface area contributed by atoms with Crippen molar-refractivity contribution in [3.05, 3.63) is 0 Å². The average molecular weight is 407 g/mol. The highest BCUT2D eigenvalue weighted by Crippen LogP contribution is 2.26. The Hall–Kier alpha value is -2.14. The first-order chi connectivity index (χ1) is 13.9. The molecule has 0 aromatic rings. The Balaban J connectivity index is 1.94. The van der Waals surface area contributed by atoms with Crippen molar-refractivity contribution in [1.29, 1.82) is 5.26 Å². The van der Waals surface area contributed by atoms with E-state index in [-0.39, 0.29) is 36.7 Å². The summed E-state index contributed by atoms with van der Waals surface area (Å²) >= 11 is 0. The lowest BCUT2D eigenvalue weighted by Crippen LogP contribution is -2.50. The van der Waals surface area contributed by atoms with E-state index in [1.165, 1.54) is 11.3 Å². The summed E-state index contributed by atoms with van der Waals surface area (Å²) < 4.78 is 5.27. The fraction of sp³-hybridized carbons (Fsp3) is 0.810. The van der Waals surface area contributed by atoms with Crippen molar-refractivity contribution in [3.63, 3.8) is 0 Å². The van der Waals surface area contributed by atoms with Crippen LogP contribution < -0.4 is 0 Å². The van der Waals surface area contributed by atoms with Crippen LogP contribution in [0.2, 0.25) is 0 Å². The van der Waals surface area contributed by atoms with Gasteiger partial charge in [0.05, 0.1) is 19.8 Å². The molecule has 0 radical (unpaired) electrons. The van der Waals surface area contributed by atoms with Crippen molar-refractivity contribution < 1.29 is 19.1 Å². The van der Waals surface area contributed by atoms with Crippen molar-refractivity contribution in [2.45, 2.75) is 52.4 Å². The molecular weight excluding hydrogens is 372 g/mol. The summed E-state index contributed by atoms with van der Waals surface area (Å²) in [6, 6.07) is 0. The van der Waals surface area contributed by atoms with Gasteiger partial charge in [0, 0.05) is 26.1 Å². The minimum atomic E-state index is -0.362. The molecule has 0 bridgehead atoms. The molecule has 8 nitrogen and oxygen atoms in total. The lowest BCUT2D eigenvalue weighted by molar-refractivity contribution is -0.145. The summed E-state index contributed by atoms with van der Waals surface area (Å²) in [7, 11) is 0. The third-order valence-electron chi connectivity index (χ3n) is 5.53. The number of morpholine rings is 1. The van der Waals surface area contributed by atoms with Gasteiger partial charge in [-0.2, -0.15) is 5.26 Å². The number of carbonyl (C=O) groups is 3. The largest absolute Gasteiger partial charge is 0.378 e. The monoisotopic (exact) mass is 406 g/mol. The number of nitrogens with zero attached hydrogens (tertiary/aromatic N) is 4. The Bertz CT molecular complexity index is 604. The van der Waals surface area contributed by atoms with E-state index in [2.05, 4.69) is 0 Å². The van der Waals surface area contributed by atoms with Crippen molar-refractivity contribution >= 4 is 17.7 Å². The second kappa shape index (κ2) is 11.8. The molecule has 1 aliphatic heterocycles. The van der Waals surface area contributed by atoms with Crippen LogP contribution in [-0.4, -0.2) is 78.4 Å². The summed E-state index contributed by atoms with van der Waals surface area (Å²) in [4.78, 5) is 42.1. The predicted octanol–water partition coefficient (Wildman–Crippen LogP) is 1.61. The number of carbonyl (C=O) groups excluding carboxylic acids is 3. The van der Waals surface area contributed by atoms with E-state index < -0.39 is 0 Å². The third kappa shape index (κ3) is 7.65. The van der Waals surface area contributed by atoms with Crippen LogP contribution in [0.5, 0.6) is 0 Å². The molecule has 2 rings (SSSR count). The first-order valence-electron chi connectivity index (χ1n) is 10.7. The Labute approximate surface area is 173 Å². The normalized spacial score (nSPS) is 17.7. The first-order valence-corrected chi connectivity index (χ1v) is 10.7. The molecule has 0 aromatic carbocycles. The van der Waals surface area contributed by atoms with Crippen LogP contribution in [0.25, 0.3) is 0 Å². The summed E-state index contributed by atoms with van der Waals surface area (Å²) in [5.74, 6) is -0.309. The number of ether oxygens (including phenoxy) is 1. The van der Waals surface area contributed by atoms with Gasteiger partial charge in [0.25, 0.3) is 0 Å². The van der Waals surface area contributed by atoms with Gasteiger partial charge in [-0.3, -0.25) is 14.4 Å². The molecule has 2 fully saturated rings. The molecule has 0 spiro atoms. The quantitative estimate of drug-likeness (QED) is 0.451. The van der Waals surface area contributed by atoms with Gasteiger partial charge in [0.2, 0.25) is 17.7 Å². The molecule has 1 saturated carbocycles.